The van der Waals surface area contributed by atoms with E-state index in [0.717, 1.165) is 37.7 Å². The molecule has 4 N–H and O–H groups in total. The number of nitrogens with one attached hydrogen (secondary N) is 1. The Morgan fingerprint density at radius 3 is 2.41 bits per heavy atom. The molecule has 9 heteroatoms. The lowest BCUT2D eigenvalue weighted by Crippen LogP contribution is -2.53. The summed E-state index contributed by atoms with van der Waals surface area (Å²) in [5.41, 5.74) is 8.25. The molecule has 1 aliphatic carbocycles. The number of nitrogens with zero attached hydrogens (tertiary/aromatic N) is 2. The van der Waals surface area contributed by atoms with Crippen molar-refractivity contribution in [2.24, 2.45) is 5.73 Å². The zero-order chi connectivity index (χ0) is 28.5. The van der Waals surface area contributed by atoms with Gasteiger partial charge in [0.25, 0.3) is 5.91 Å². The van der Waals surface area contributed by atoms with E-state index < -0.39 is 27.2 Å². The maximum absolute atomic E-state index is 13.7. The van der Waals surface area contributed by atoms with E-state index in [1.807, 2.05) is 13.8 Å². The predicted molar refractivity (Wildman–Crippen MR) is 156 cm³/mol. The summed E-state index contributed by atoms with van der Waals surface area (Å²) in [4.78, 5) is 19.4. The molecule has 0 spiro atoms. The third-order valence-electron chi connectivity index (χ3n) is 7.77. The second-order valence-electron chi connectivity index (χ2n) is 10.8. The molecule has 1 aromatic heterocycles. The van der Waals surface area contributed by atoms with Crippen molar-refractivity contribution in [3.8, 4) is 0 Å². The molecule has 1 fully saturated rings. The van der Waals surface area contributed by atoms with Crippen molar-refractivity contribution in [2.75, 3.05) is 25.4 Å². The highest BCUT2D eigenvalue weighted by Gasteiger charge is 2.50. The van der Waals surface area contributed by atoms with Crippen LogP contribution in [0.4, 0.5) is 0 Å². The van der Waals surface area contributed by atoms with Crippen LogP contribution < -0.4 is 11.1 Å². The smallest absolute Gasteiger partial charge is 0.253 e. The fraction of sp³-hybridized carbons (Fsp3) is 0.600. The van der Waals surface area contributed by atoms with Gasteiger partial charge in [-0.2, -0.15) is 0 Å². The molecule has 0 saturated heterocycles. The van der Waals surface area contributed by atoms with E-state index in [9.17, 15) is 18.3 Å². The Labute approximate surface area is 234 Å². The molecule has 3 rings (SSSR count). The van der Waals surface area contributed by atoms with Crippen LogP contribution in [0.25, 0.3) is 0 Å². The van der Waals surface area contributed by atoms with Crippen LogP contribution in [-0.4, -0.2) is 72.1 Å². The molecular weight excluding hydrogens is 512 g/mol. The second-order valence-corrected chi connectivity index (χ2v) is 13.1. The fourth-order valence-corrected chi connectivity index (χ4v) is 7.69. The van der Waals surface area contributed by atoms with Gasteiger partial charge in [0.1, 0.15) is 0 Å². The van der Waals surface area contributed by atoms with E-state index in [0.29, 0.717) is 24.9 Å². The van der Waals surface area contributed by atoms with Gasteiger partial charge in [0, 0.05) is 37.6 Å². The number of benzene rings is 1. The van der Waals surface area contributed by atoms with Crippen molar-refractivity contribution in [3.63, 3.8) is 0 Å². The van der Waals surface area contributed by atoms with Crippen LogP contribution in [0.5, 0.6) is 0 Å². The van der Waals surface area contributed by atoms with Crippen molar-refractivity contribution >= 4 is 15.7 Å². The zero-order valence-electron chi connectivity index (χ0n) is 23.7. The molecular formula is C30H46N4O4S. The van der Waals surface area contributed by atoms with Gasteiger partial charge in [0.15, 0.2) is 9.84 Å². The second kappa shape index (κ2) is 14.3. The lowest BCUT2D eigenvalue weighted by molar-refractivity contribution is 0.0715. The van der Waals surface area contributed by atoms with Crippen molar-refractivity contribution in [2.45, 2.75) is 88.7 Å². The van der Waals surface area contributed by atoms with Gasteiger partial charge in [-0.3, -0.25) is 14.7 Å². The van der Waals surface area contributed by atoms with Gasteiger partial charge in [-0.05, 0) is 55.4 Å². The minimum atomic E-state index is -3.50. The first-order valence-corrected chi connectivity index (χ1v) is 16.1. The molecule has 0 bridgehead atoms. The molecule has 1 amide bonds. The molecule has 1 aromatic carbocycles. The van der Waals surface area contributed by atoms with Gasteiger partial charge in [0.2, 0.25) is 0 Å². The number of aryl methyl sites for hydroxylation is 1. The lowest BCUT2D eigenvalue weighted by atomic mass is 9.98. The molecule has 2 atom stereocenters. The largest absolute Gasteiger partial charge is 0.390 e. The molecule has 0 aliphatic heterocycles. The minimum absolute atomic E-state index is 0.0989. The van der Waals surface area contributed by atoms with Gasteiger partial charge in [0.05, 0.1) is 28.7 Å². The van der Waals surface area contributed by atoms with Crippen LogP contribution in [-0.2, 0) is 21.8 Å². The summed E-state index contributed by atoms with van der Waals surface area (Å²) in [7, 11) is -3.50. The summed E-state index contributed by atoms with van der Waals surface area (Å²) in [6, 6.07) is 11.1. The van der Waals surface area contributed by atoms with Gasteiger partial charge in [-0.1, -0.05) is 57.9 Å². The first-order chi connectivity index (χ1) is 18.7. The number of rotatable bonds is 17. The van der Waals surface area contributed by atoms with Crippen LogP contribution in [0.2, 0.25) is 0 Å². The summed E-state index contributed by atoms with van der Waals surface area (Å²) >= 11 is 0. The van der Waals surface area contributed by atoms with E-state index >= 15 is 0 Å². The Kier molecular flexibility index (Phi) is 11.5. The zero-order valence-corrected chi connectivity index (χ0v) is 24.5. The summed E-state index contributed by atoms with van der Waals surface area (Å²) in [5, 5.41) is 13.2. The number of aromatic nitrogens is 1. The van der Waals surface area contributed by atoms with Crippen LogP contribution in [0, 0.1) is 0 Å². The summed E-state index contributed by atoms with van der Waals surface area (Å²) in [6.07, 6.45) is 7.76. The lowest BCUT2D eigenvalue weighted by Gasteiger charge is -2.37. The summed E-state index contributed by atoms with van der Waals surface area (Å²) in [5.74, 6) is -0.521. The van der Waals surface area contributed by atoms with Crippen molar-refractivity contribution < 1.29 is 18.3 Å². The molecule has 1 saturated carbocycles. The SMILES string of the molecule is CCCC(CCC)S(=O)(=O)CC(CN(C[C@@H](O)CN)C1(c2cccc(CC)c2)CC1)NC(=O)c1cccnc1. The number of aliphatic hydroxyl groups excluding tert-OH is 1. The number of nitrogens with two attached hydrogens (primary N) is 1. The molecule has 0 radical (unpaired) electrons. The van der Waals surface area contributed by atoms with Crippen LogP contribution in [0.15, 0.2) is 48.8 Å². The molecule has 8 nitrogen and oxygen atoms in total. The van der Waals surface area contributed by atoms with Crippen LogP contribution in [0.1, 0.15) is 80.8 Å². The Balaban J connectivity index is 1.96. The maximum atomic E-state index is 13.7. The highest BCUT2D eigenvalue weighted by Crippen LogP contribution is 2.51. The standard InChI is InChI=1S/C30H46N4O4S/c1-4-9-28(10-5-2)39(37,38)22-26(33-29(36)24-12-8-16-32-19-24)20-34(21-27(35)18-31)30(14-15-30)25-13-7-11-23(6-3)17-25/h7-8,11-13,16-17,19,26-28,35H,4-6,9-10,14-15,18,20-22,31H2,1-3H3,(H,33,36)/t26?,27-/m0/s1. The first-order valence-electron chi connectivity index (χ1n) is 14.3. The maximum Gasteiger partial charge on any atom is 0.253 e. The molecule has 2 aromatic rings. The number of pyridine rings is 1. The third-order valence-corrected chi connectivity index (χ3v) is 10.1. The van der Waals surface area contributed by atoms with Crippen molar-refractivity contribution in [3.05, 3.63) is 65.5 Å². The Morgan fingerprint density at radius 1 is 1.13 bits per heavy atom. The van der Waals surface area contributed by atoms with E-state index in [1.165, 1.54) is 11.8 Å². The van der Waals surface area contributed by atoms with Gasteiger partial charge >= 0.3 is 0 Å². The first kappa shape index (κ1) is 31.2. The van der Waals surface area contributed by atoms with E-state index in [2.05, 4.69) is 46.4 Å². The molecule has 1 aliphatic rings. The number of carbonyl (C=O) groups is 1. The third kappa shape index (κ3) is 8.33. The molecule has 39 heavy (non-hydrogen) atoms. The normalized spacial score (nSPS) is 16.3. The Bertz CT molecular complexity index is 1150. The number of carbonyl (C=O) groups excluding carboxylic acids is 1. The number of aliphatic hydroxyl groups is 1. The number of sulfone groups is 1. The summed E-state index contributed by atoms with van der Waals surface area (Å²) < 4.78 is 27.3. The van der Waals surface area contributed by atoms with E-state index in [1.54, 1.807) is 18.3 Å². The van der Waals surface area contributed by atoms with Crippen LogP contribution >= 0.6 is 0 Å². The highest BCUT2D eigenvalue weighted by molar-refractivity contribution is 7.92. The molecule has 1 heterocycles. The van der Waals surface area contributed by atoms with E-state index in [4.69, 9.17) is 5.73 Å². The van der Waals surface area contributed by atoms with Crippen LogP contribution in [0.3, 0.4) is 0 Å². The monoisotopic (exact) mass is 558 g/mol. The quantitative estimate of drug-likeness (QED) is 0.272. The predicted octanol–water partition coefficient (Wildman–Crippen LogP) is 3.44. The minimum Gasteiger partial charge on any atom is -0.390 e. The van der Waals surface area contributed by atoms with Gasteiger partial charge in [-0.15, -0.1) is 0 Å². The average molecular weight is 559 g/mol. The number of amides is 1. The topological polar surface area (TPSA) is 126 Å². The molecule has 1 unspecified atom stereocenters. The Hall–Kier alpha value is -2.33. The van der Waals surface area contributed by atoms with Gasteiger partial charge in [-0.25, -0.2) is 8.42 Å². The van der Waals surface area contributed by atoms with E-state index in [-0.39, 0.29) is 30.3 Å². The fourth-order valence-electron chi connectivity index (χ4n) is 5.48. The highest BCUT2D eigenvalue weighted by atomic mass is 32.2. The Morgan fingerprint density at radius 2 is 1.85 bits per heavy atom. The van der Waals surface area contributed by atoms with Crippen molar-refractivity contribution in [1.29, 1.82) is 0 Å². The van der Waals surface area contributed by atoms with Gasteiger partial charge < -0.3 is 16.2 Å². The molecule has 216 valence electrons. The number of hydrogen-bond donors (Lipinski definition) is 3. The van der Waals surface area contributed by atoms with Crippen molar-refractivity contribution in [1.82, 2.24) is 15.2 Å². The summed E-state index contributed by atoms with van der Waals surface area (Å²) in [6.45, 7) is 6.78. The number of hydrogen-bond acceptors (Lipinski definition) is 7. The average Bonchev–Trinajstić information content (AvgIpc) is 3.75.